The molecule has 0 saturated carbocycles. The normalized spacial score (nSPS) is 12.1. The molecule has 0 aliphatic heterocycles. The molecule has 2 N–H and O–H groups in total. The summed E-state index contributed by atoms with van der Waals surface area (Å²) in [6.45, 7) is 4.12. The zero-order chi connectivity index (χ0) is 18.0. The van der Waals surface area contributed by atoms with Crippen molar-refractivity contribution >= 4 is 11.9 Å². The van der Waals surface area contributed by atoms with Crippen LogP contribution < -0.4 is 5.73 Å². The zero-order valence-electron chi connectivity index (χ0n) is 16.0. The first-order chi connectivity index (χ1) is 11.6. The van der Waals surface area contributed by atoms with Crippen LogP contribution in [0.5, 0.6) is 0 Å². The van der Waals surface area contributed by atoms with Gasteiger partial charge in [-0.1, -0.05) is 90.9 Å². The molecule has 0 aromatic carbocycles. The monoisotopic (exact) mass is 341 g/mol. The van der Waals surface area contributed by atoms with Crippen LogP contribution in [-0.4, -0.2) is 18.0 Å². The maximum Gasteiger partial charge on any atom is 0.330 e. The molecule has 4 heteroatoms. The smallest absolute Gasteiger partial charge is 0.330 e. The van der Waals surface area contributed by atoms with Gasteiger partial charge in [0, 0.05) is 6.42 Å². The number of ether oxygens (including phenoxy) is 1. The Morgan fingerprint density at radius 2 is 1.21 bits per heavy atom. The van der Waals surface area contributed by atoms with Crippen LogP contribution >= 0.6 is 0 Å². The van der Waals surface area contributed by atoms with E-state index in [0.29, 0.717) is 12.8 Å². The fraction of sp³-hybridized carbons (Fsp3) is 0.900. The Morgan fingerprint density at radius 3 is 1.67 bits per heavy atom. The summed E-state index contributed by atoms with van der Waals surface area (Å²) in [5.41, 5.74) is 5.77. The molecular formula is C20H39NO3. The Bertz CT molecular complexity index is 318. The van der Waals surface area contributed by atoms with Crippen molar-refractivity contribution in [2.24, 2.45) is 5.73 Å². The standard InChI is InChI=1S/C20H39NO3/c1-3-5-6-7-8-9-10-11-12-13-14-15-17-18(21)20(23)24-19(22)16-4-2/h18H,3-17,21H2,1-2H3. The molecular weight excluding hydrogens is 302 g/mol. The number of carbonyl (C=O) groups excluding carboxylic acids is 2. The Balaban J connectivity index is 3.37. The zero-order valence-corrected chi connectivity index (χ0v) is 16.0. The van der Waals surface area contributed by atoms with Gasteiger partial charge in [-0.2, -0.15) is 0 Å². The van der Waals surface area contributed by atoms with E-state index in [1.165, 1.54) is 64.2 Å². The minimum absolute atomic E-state index is 0.275. The van der Waals surface area contributed by atoms with Gasteiger partial charge in [0.2, 0.25) is 0 Å². The van der Waals surface area contributed by atoms with Crippen molar-refractivity contribution in [1.82, 2.24) is 0 Å². The molecule has 0 heterocycles. The molecule has 0 rings (SSSR count). The van der Waals surface area contributed by atoms with Crippen LogP contribution in [0.15, 0.2) is 0 Å². The summed E-state index contributed by atoms with van der Waals surface area (Å²) in [5.74, 6) is -1.04. The highest BCUT2D eigenvalue weighted by Gasteiger charge is 2.17. The number of hydrogen-bond donors (Lipinski definition) is 1. The fourth-order valence-corrected chi connectivity index (χ4v) is 2.77. The Kier molecular flexibility index (Phi) is 16.3. The van der Waals surface area contributed by atoms with E-state index in [1.807, 2.05) is 6.92 Å². The van der Waals surface area contributed by atoms with E-state index >= 15 is 0 Å². The second-order valence-corrected chi connectivity index (χ2v) is 6.83. The van der Waals surface area contributed by atoms with Crippen LogP contribution in [0.4, 0.5) is 0 Å². The highest BCUT2D eigenvalue weighted by molar-refractivity contribution is 5.88. The summed E-state index contributed by atoms with van der Waals surface area (Å²) in [4.78, 5) is 22.8. The lowest BCUT2D eigenvalue weighted by Crippen LogP contribution is -2.33. The van der Waals surface area contributed by atoms with Gasteiger partial charge in [-0.15, -0.1) is 0 Å². The Hall–Kier alpha value is -0.900. The quantitative estimate of drug-likeness (QED) is 0.236. The molecule has 0 aliphatic rings. The maximum atomic E-state index is 11.6. The number of rotatable bonds is 16. The van der Waals surface area contributed by atoms with Gasteiger partial charge in [0.15, 0.2) is 0 Å². The number of esters is 2. The van der Waals surface area contributed by atoms with Gasteiger partial charge < -0.3 is 10.5 Å². The van der Waals surface area contributed by atoms with Crippen molar-refractivity contribution in [1.29, 1.82) is 0 Å². The molecule has 0 aliphatic carbocycles. The molecule has 4 nitrogen and oxygen atoms in total. The maximum absolute atomic E-state index is 11.6. The molecule has 0 amide bonds. The van der Waals surface area contributed by atoms with Crippen molar-refractivity contribution in [2.45, 2.75) is 116 Å². The molecule has 1 unspecified atom stereocenters. The average Bonchev–Trinajstić information content (AvgIpc) is 2.55. The van der Waals surface area contributed by atoms with E-state index in [2.05, 4.69) is 6.92 Å². The van der Waals surface area contributed by atoms with Crippen LogP contribution in [0.3, 0.4) is 0 Å². The van der Waals surface area contributed by atoms with E-state index < -0.39 is 18.0 Å². The third-order valence-electron chi connectivity index (χ3n) is 4.34. The van der Waals surface area contributed by atoms with E-state index in [1.54, 1.807) is 0 Å². The number of carbonyl (C=O) groups is 2. The van der Waals surface area contributed by atoms with Gasteiger partial charge in [-0.3, -0.25) is 4.79 Å². The Labute approximate surface area is 148 Å². The molecule has 1 atom stereocenters. The third-order valence-corrected chi connectivity index (χ3v) is 4.34. The van der Waals surface area contributed by atoms with E-state index in [9.17, 15) is 9.59 Å². The summed E-state index contributed by atoms with van der Waals surface area (Å²) in [6.07, 6.45) is 16.9. The molecule has 142 valence electrons. The molecule has 0 spiro atoms. The predicted octanol–water partition coefficient (Wildman–Crippen LogP) is 5.27. The van der Waals surface area contributed by atoms with Gasteiger partial charge in [-0.05, 0) is 12.8 Å². The lowest BCUT2D eigenvalue weighted by Gasteiger charge is -2.10. The highest BCUT2D eigenvalue weighted by Crippen LogP contribution is 2.13. The first kappa shape index (κ1) is 23.1. The van der Waals surface area contributed by atoms with E-state index in [0.717, 1.165) is 12.8 Å². The molecule has 0 fully saturated rings. The van der Waals surface area contributed by atoms with E-state index in [4.69, 9.17) is 10.5 Å². The van der Waals surface area contributed by atoms with Crippen LogP contribution in [0.1, 0.15) is 110 Å². The number of hydrogen-bond acceptors (Lipinski definition) is 4. The van der Waals surface area contributed by atoms with Crippen molar-refractivity contribution in [3.05, 3.63) is 0 Å². The topological polar surface area (TPSA) is 69.4 Å². The first-order valence-corrected chi connectivity index (χ1v) is 10.1. The van der Waals surface area contributed by atoms with Crippen molar-refractivity contribution in [2.75, 3.05) is 0 Å². The van der Waals surface area contributed by atoms with Crippen LogP contribution in [0.2, 0.25) is 0 Å². The SMILES string of the molecule is CCCCCCCCCCCCCCC(N)C(=O)OC(=O)CCC. The molecule has 0 radical (unpaired) electrons. The Morgan fingerprint density at radius 1 is 0.750 bits per heavy atom. The lowest BCUT2D eigenvalue weighted by molar-refractivity contribution is -0.160. The molecule has 0 aromatic heterocycles. The van der Waals surface area contributed by atoms with Crippen LogP contribution in [-0.2, 0) is 14.3 Å². The first-order valence-electron chi connectivity index (χ1n) is 10.1. The van der Waals surface area contributed by atoms with Gasteiger partial charge in [0.05, 0.1) is 0 Å². The summed E-state index contributed by atoms with van der Waals surface area (Å²) < 4.78 is 4.71. The van der Waals surface area contributed by atoms with Gasteiger partial charge in [0.1, 0.15) is 6.04 Å². The van der Waals surface area contributed by atoms with Crippen LogP contribution in [0, 0.1) is 0 Å². The fourth-order valence-electron chi connectivity index (χ4n) is 2.77. The molecule has 0 bridgehead atoms. The largest absolute Gasteiger partial charge is 0.392 e. The highest BCUT2D eigenvalue weighted by atomic mass is 16.6. The lowest BCUT2D eigenvalue weighted by atomic mass is 10.0. The number of nitrogens with two attached hydrogens (primary N) is 1. The van der Waals surface area contributed by atoms with E-state index in [-0.39, 0.29) is 6.42 Å². The van der Waals surface area contributed by atoms with Crippen molar-refractivity contribution < 1.29 is 14.3 Å². The van der Waals surface area contributed by atoms with Crippen LogP contribution in [0.25, 0.3) is 0 Å². The van der Waals surface area contributed by atoms with Crippen molar-refractivity contribution in [3.8, 4) is 0 Å². The molecule has 0 saturated heterocycles. The summed E-state index contributed by atoms with van der Waals surface area (Å²) in [7, 11) is 0. The minimum Gasteiger partial charge on any atom is -0.392 e. The third kappa shape index (κ3) is 14.7. The number of unbranched alkanes of at least 4 members (excludes halogenated alkanes) is 11. The van der Waals surface area contributed by atoms with Crippen molar-refractivity contribution in [3.63, 3.8) is 0 Å². The second kappa shape index (κ2) is 16.9. The summed E-state index contributed by atoms with van der Waals surface area (Å²) in [6, 6.07) is -0.658. The van der Waals surface area contributed by atoms with Gasteiger partial charge in [-0.25, -0.2) is 4.79 Å². The molecule has 0 aromatic rings. The molecule has 24 heavy (non-hydrogen) atoms. The average molecular weight is 342 g/mol. The van der Waals surface area contributed by atoms with Gasteiger partial charge in [0.25, 0.3) is 0 Å². The summed E-state index contributed by atoms with van der Waals surface area (Å²) in [5, 5.41) is 0. The minimum atomic E-state index is -0.658. The van der Waals surface area contributed by atoms with Gasteiger partial charge >= 0.3 is 11.9 Å². The second-order valence-electron chi connectivity index (χ2n) is 6.83. The predicted molar refractivity (Wildman–Crippen MR) is 99.7 cm³/mol. The summed E-state index contributed by atoms with van der Waals surface area (Å²) >= 11 is 0.